The predicted molar refractivity (Wildman–Crippen MR) is 83.3 cm³/mol. The first kappa shape index (κ1) is 11.1. The highest BCUT2D eigenvalue weighted by molar-refractivity contribution is 5.93. The minimum atomic E-state index is 0.990. The third-order valence-corrected chi connectivity index (χ3v) is 3.47. The molecule has 20 heavy (non-hydrogen) atoms. The van der Waals surface area contributed by atoms with E-state index in [1.807, 2.05) is 24.5 Å². The van der Waals surface area contributed by atoms with E-state index in [1.54, 1.807) is 0 Å². The number of aromatic nitrogens is 2. The molecule has 0 aliphatic rings. The van der Waals surface area contributed by atoms with E-state index in [9.17, 15) is 0 Å². The van der Waals surface area contributed by atoms with Gasteiger partial charge in [-0.15, -0.1) is 0 Å². The van der Waals surface area contributed by atoms with E-state index in [0.717, 1.165) is 27.8 Å². The summed E-state index contributed by atoms with van der Waals surface area (Å²) in [4.78, 5) is 7.66. The van der Waals surface area contributed by atoms with E-state index in [4.69, 9.17) is 0 Å². The fraction of sp³-hybridized carbons (Fsp3) is 0. The quantitative estimate of drug-likeness (QED) is 0.558. The Kier molecular flexibility index (Phi) is 2.42. The molecule has 3 heteroatoms. The van der Waals surface area contributed by atoms with Crippen molar-refractivity contribution < 1.29 is 0 Å². The number of H-pyrrole nitrogens is 1. The highest BCUT2D eigenvalue weighted by Crippen LogP contribution is 2.26. The summed E-state index contributed by atoms with van der Waals surface area (Å²) in [6.45, 7) is 0. The van der Waals surface area contributed by atoms with Gasteiger partial charge in [0.05, 0.1) is 11.2 Å². The molecule has 0 radical (unpaired) electrons. The van der Waals surface area contributed by atoms with Crippen molar-refractivity contribution in [1.82, 2.24) is 9.97 Å². The Hall–Kier alpha value is -2.81. The van der Waals surface area contributed by atoms with Crippen LogP contribution in [-0.2, 0) is 0 Å². The molecule has 0 atom stereocenters. The van der Waals surface area contributed by atoms with Crippen LogP contribution in [0, 0.1) is 0 Å². The molecule has 96 valence electrons. The average Bonchev–Trinajstić information content (AvgIpc) is 2.95. The van der Waals surface area contributed by atoms with Crippen LogP contribution < -0.4 is 5.32 Å². The van der Waals surface area contributed by atoms with Gasteiger partial charge in [0, 0.05) is 34.4 Å². The number of anilines is 2. The predicted octanol–water partition coefficient (Wildman–Crippen LogP) is 4.46. The molecule has 0 bridgehead atoms. The van der Waals surface area contributed by atoms with E-state index in [-0.39, 0.29) is 0 Å². The van der Waals surface area contributed by atoms with Crippen LogP contribution in [0.25, 0.3) is 21.8 Å². The van der Waals surface area contributed by atoms with E-state index < -0.39 is 0 Å². The number of aromatic amines is 1. The van der Waals surface area contributed by atoms with Gasteiger partial charge in [-0.25, -0.2) is 0 Å². The molecular formula is C17H13N3. The van der Waals surface area contributed by atoms with Crippen LogP contribution in [-0.4, -0.2) is 9.97 Å². The first-order chi connectivity index (χ1) is 9.90. The summed E-state index contributed by atoms with van der Waals surface area (Å²) in [5.74, 6) is 0. The Morgan fingerprint density at radius 1 is 0.900 bits per heavy atom. The van der Waals surface area contributed by atoms with E-state index in [2.05, 4.69) is 57.7 Å². The number of hydrogen-bond donors (Lipinski definition) is 2. The molecule has 2 N–H and O–H groups in total. The number of benzene rings is 2. The lowest BCUT2D eigenvalue weighted by Crippen LogP contribution is -1.92. The fourth-order valence-corrected chi connectivity index (χ4v) is 2.49. The SMILES string of the molecule is c1cnc2c(Nc3ccc4[nH]ccc4c3)cccc2c1. The highest BCUT2D eigenvalue weighted by atomic mass is 14.9. The lowest BCUT2D eigenvalue weighted by molar-refractivity contribution is 1.40. The van der Waals surface area contributed by atoms with Crippen molar-refractivity contribution in [3.63, 3.8) is 0 Å². The van der Waals surface area contributed by atoms with E-state index in [0.29, 0.717) is 0 Å². The Balaban J connectivity index is 1.80. The maximum absolute atomic E-state index is 4.46. The normalized spacial score (nSPS) is 11.0. The number of hydrogen-bond acceptors (Lipinski definition) is 2. The number of nitrogens with zero attached hydrogens (tertiary/aromatic N) is 1. The van der Waals surface area contributed by atoms with E-state index >= 15 is 0 Å². The first-order valence-corrected chi connectivity index (χ1v) is 6.58. The van der Waals surface area contributed by atoms with Crippen LogP contribution in [0.2, 0.25) is 0 Å². The molecule has 3 nitrogen and oxygen atoms in total. The Labute approximate surface area is 116 Å². The highest BCUT2D eigenvalue weighted by Gasteiger charge is 2.03. The monoisotopic (exact) mass is 259 g/mol. The van der Waals surface area contributed by atoms with Crippen molar-refractivity contribution in [2.75, 3.05) is 5.32 Å². The van der Waals surface area contributed by atoms with Crippen molar-refractivity contribution in [3.05, 3.63) is 67.0 Å². The van der Waals surface area contributed by atoms with Gasteiger partial charge in [0.2, 0.25) is 0 Å². The fourth-order valence-electron chi connectivity index (χ4n) is 2.49. The molecule has 2 heterocycles. The minimum absolute atomic E-state index is 0.990. The number of nitrogens with one attached hydrogen (secondary N) is 2. The molecule has 0 aliphatic carbocycles. The molecule has 0 unspecified atom stereocenters. The van der Waals surface area contributed by atoms with Crippen LogP contribution >= 0.6 is 0 Å². The molecular weight excluding hydrogens is 246 g/mol. The third kappa shape index (κ3) is 1.80. The average molecular weight is 259 g/mol. The van der Waals surface area contributed by atoms with Gasteiger partial charge in [0.15, 0.2) is 0 Å². The number of pyridine rings is 1. The standard InChI is InChI=1S/C17H13N3/c1-3-12-4-2-9-19-17(12)16(5-1)20-14-6-7-15-13(11-14)8-10-18-15/h1-11,18,20H. The Morgan fingerprint density at radius 2 is 1.85 bits per heavy atom. The van der Waals surface area contributed by atoms with Gasteiger partial charge >= 0.3 is 0 Å². The van der Waals surface area contributed by atoms with Crippen molar-refractivity contribution in [2.45, 2.75) is 0 Å². The molecule has 2 aromatic carbocycles. The van der Waals surface area contributed by atoms with Crippen molar-refractivity contribution >= 4 is 33.2 Å². The summed E-state index contributed by atoms with van der Waals surface area (Å²) in [5.41, 5.74) is 4.23. The topological polar surface area (TPSA) is 40.7 Å². The summed E-state index contributed by atoms with van der Waals surface area (Å²) in [6.07, 6.45) is 3.77. The van der Waals surface area contributed by atoms with Gasteiger partial charge in [-0.05, 0) is 36.4 Å². The summed E-state index contributed by atoms with van der Waals surface area (Å²) < 4.78 is 0. The zero-order valence-electron chi connectivity index (χ0n) is 10.8. The molecule has 4 aromatic rings. The first-order valence-electron chi connectivity index (χ1n) is 6.58. The van der Waals surface area contributed by atoms with Gasteiger partial charge in [0.1, 0.15) is 0 Å². The maximum atomic E-state index is 4.46. The Bertz CT molecular complexity index is 887. The van der Waals surface area contributed by atoms with Crippen LogP contribution in [0.3, 0.4) is 0 Å². The van der Waals surface area contributed by atoms with Crippen LogP contribution in [0.4, 0.5) is 11.4 Å². The van der Waals surface area contributed by atoms with Crippen molar-refractivity contribution in [3.8, 4) is 0 Å². The molecule has 4 rings (SSSR count). The molecule has 0 fully saturated rings. The second kappa shape index (κ2) is 4.38. The molecule has 0 saturated carbocycles. The maximum Gasteiger partial charge on any atom is 0.0936 e. The Morgan fingerprint density at radius 3 is 2.85 bits per heavy atom. The molecule has 0 saturated heterocycles. The zero-order valence-corrected chi connectivity index (χ0v) is 10.8. The van der Waals surface area contributed by atoms with Crippen LogP contribution in [0.15, 0.2) is 67.0 Å². The number of fused-ring (bicyclic) bond motifs is 2. The summed E-state index contributed by atoms with van der Waals surface area (Å²) in [7, 11) is 0. The van der Waals surface area contributed by atoms with Crippen molar-refractivity contribution in [2.24, 2.45) is 0 Å². The van der Waals surface area contributed by atoms with E-state index in [1.165, 1.54) is 5.39 Å². The molecule has 2 aromatic heterocycles. The van der Waals surface area contributed by atoms with Gasteiger partial charge < -0.3 is 10.3 Å². The summed E-state index contributed by atoms with van der Waals surface area (Å²) in [6, 6.07) is 18.5. The summed E-state index contributed by atoms with van der Waals surface area (Å²) in [5, 5.41) is 5.79. The lowest BCUT2D eigenvalue weighted by Gasteiger charge is -2.09. The number of rotatable bonds is 2. The number of para-hydroxylation sites is 1. The zero-order chi connectivity index (χ0) is 13.4. The minimum Gasteiger partial charge on any atom is -0.361 e. The molecule has 0 amide bonds. The van der Waals surface area contributed by atoms with Gasteiger partial charge in [0.25, 0.3) is 0 Å². The van der Waals surface area contributed by atoms with Gasteiger partial charge in [-0.3, -0.25) is 4.98 Å². The second-order valence-corrected chi connectivity index (χ2v) is 4.79. The van der Waals surface area contributed by atoms with Gasteiger partial charge in [-0.2, -0.15) is 0 Å². The van der Waals surface area contributed by atoms with Crippen LogP contribution in [0.5, 0.6) is 0 Å². The lowest BCUT2D eigenvalue weighted by atomic mass is 10.1. The molecule has 0 aliphatic heterocycles. The smallest absolute Gasteiger partial charge is 0.0936 e. The molecule has 0 spiro atoms. The third-order valence-electron chi connectivity index (χ3n) is 3.47. The summed E-state index contributed by atoms with van der Waals surface area (Å²) >= 11 is 0. The second-order valence-electron chi connectivity index (χ2n) is 4.79. The largest absolute Gasteiger partial charge is 0.361 e. The van der Waals surface area contributed by atoms with Gasteiger partial charge in [-0.1, -0.05) is 18.2 Å². The van der Waals surface area contributed by atoms with Crippen LogP contribution in [0.1, 0.15) is 0 Å². The van der Waals surface area contributed by atoms with Crippen molar-refractivity contribution in [1.29, 1.82) is 0 Å².